The number of rotatable bonds is 5. The maximum atomic E-state index is 12.0. The highest BCUT2D eigenvalue weighted by atomic mass is 32.1. The van der Waals surface area contributed by atoms with Crippen LogP contribution in [0.3, 0.4) is 0 Å². The van der Waals surface area contributed by atoms with Gasteiger partial charge in [0.15, 0.2) is 5.69 Å². The van der Waals surface area contributed by atoms with Crippen molar-refractivity contribution in [2.45, 2.75) is 26.2 Å². The number of aromatic nitrogens is 3. The summed E-state index contributed by atoms with van der Waals surface area (Å²) in [4.78, 5) is 16.2. The van der Waals surface area contributed by atoms with Crippen molar-refractivity contribution < 1.29 is 4.79 Å². The Morgan fingerprint density at radius 2 is 2.42 bits per heavy atom. The topological polar surface area (TPSA) is 96.7 Å². The molecule has 4 N–H and O–H groups in total. The highest BCUT2D eigenvalue weighted by Gasteiger charge is 2.17. The van der Waals surface area contributed by atoms with Gasteiger partial charge in [-0.15, -0.1) is 11.3 Å². The fourth-order valence-corrected chi connectivity index (χ4v) is 2.42. The summed E-state index contributed by atoms with van der Waals surface area (Å²) in [5, 5.41) is 12.5. The molecule has 7 heteroatoms. The van der Waals surface area contributed by atoms with Gasteiger partial charge in [0, 0.05) is 24.0 Å². The second-order valence-electron chi connectivity index (χ2n) is 4.30. The summed E-state index contributed by atoms with van der Waals surface area (Å²) in [6, 6.07) is 0. The first-order chi connectivity index (χ1) is 9.13. The molecule has 0 aliphatic heterocycles. The van der Waals surface area contributed by atoms with Crippen molar-refractivity contribution in [3.05, 3.63) is 28.0 Å². The third-order valence-corrected chi connectivity index (χ3v) is 3.90. The van der Waals surface area contributed by atoms with Gasteiger partial charge in [-0.25, -0.2) is 4.98 Å². The molecule has 2 aromatic heterocycles. The minimum Gasteiger partial charge on any atom is -0.395 e. The zero-order valence-corrected chi connectivity index (χ0v) is 11.8. The number of thiazole rings is 1. The molecule has 0 saturated heterocycles. The van der Waals surface area contributed by atoms with Gasteiger partial charge in [0.25, 0.3) is 5.91 Å². The van der Waals surface area contributed by atoms with Gasteiger partial charge in [-0.1, -0.05) is 13.8 Å². The number of amides is 1. The lowest BCUT2D eigenvalue weighted by molar-refractivity contribution is 0.0947. The monoisotopic (exact) mass is 279 g/mol. The van der Waals surface area contributed by atoms with Crippen molar-refractivity contribution in [2.24, 2.45) is 0 Å². The number of aromatic amines is 1. The van der Waals surface area contributed by atoms with Crippen LogP contribution in [0.25, 0.3) is 0 Å². The van der Waals surface area contributed by atoms with E-state index in [9.17, 15) is 4.79 Å². The number of anilines is 1. The summed E-state index contributed by atoms with van der Waals surface area (Å²) in [5.74, 6) is -0.0772. The van der Waals surface area contributed by atoms with Gasteiger partial charge >= 0.3 is 0 Å². The van der Waals surface area contributed by atoms with Gasteiger partial charge in [0.2, 0.25) is 0 Å². The van der Waals surface area contributed by atoms with Crippen molar-refractivity contribution in [1.82, 2.24) is 20.5 Å². The Bertz CT molecular complexity index is 548. The van der Waals surface area contributed by atoms with E-state index in [1.807, 2.05) is 19.2 Å². The number of carbonyl (C=O) groups excluding carboxylic acids is 1. The third kappa shape index (κ3) is 2.93. The first-order valence-corrected chi connectivity index (χ1v) is 7.01. The van der Waals surface area contributed by atoms with E-state index >= 15 is 0 Å². The van der Waals surface area contributed by atoms with Crippen LogP contribution < -0.4 is 11.1 Å². The Labute approximate surface area is 115 Å². The molecule has 0 bridgehead atoms. The van der Waals surface area contributed by atoms with Crippen LogP contribution >= 0.6 is 11.3 Å². The van der Waals surface area contributed by atoms with Crippen LogP contribution in [0.15, 0.2) is 11.6 Å². The highest BCUT2D eigenvalue weighted by molar-refractivity contribution is 7.09. The molecule has 2 aromatic rings. The summed E-state index contributed by atoms with van der Waals surface area (Å²) in [5.41, 5.74) is 7.34. The van der Waals surface area contributed by atoms with Crippen LogP contribution in [-0.2, 0) is 6.42 Å². The summed E-state index contributed by atoms with van der Waals surface area (Å²) in [6.07, 6.45) is 2.49. The van der Waals surface area contributed by atoms with E-state index in [-0.39, 0.29) is 17.5 Å². The first kappa shape index (κ1) is 13.5. The minimum absolute atomic E-state index is 0.176. The normalized spacial score (nSPS) is 12.3. The Balaban J connectivity index is 1.96. The molecular weight excluding hydrogens is 262 g/mol. The fraction of sp³-hybridized carbons (Fsp3) is 0.417. The molecule has 0 aromatic carbocycles. The van der Waals surface area contributed by atoms with E-state index < -0.39 is 0 Å². The number of carbonyl (C=O) groups is 1. The summed E-state index contributed by atoms with van der Waals surface area (Å²) in [7, 11) is 0. The average molecular weight is 279 g/mol. The molecular formula is C12H17N5OS. The standard InChI is InChI=1S/C12H17N5OS/c1-3-8-9(13)10(17-16-8)11(18)15-6-7(2)12-14-4-5-19-12/h4-5,7H,3,6,13H2,1-2H3,(H,15,18)(H,16,17). The van der Waals surface area contributed by atoms with Crippen LogP contribution in [-0.4, -0.2) is 27.6 Å². The molecule has 2 heterocycles. The lowest BCUT2D eigenvalue weighted by Crippen LogP contribution is -2.28. The molecule has 0 fully saturated rings. The van der Waals surface area contributed by atoms with E-state index in [1.165, 1.54) is 0 Å². The van der Waals surface area contributed by atoms with E-state index in [1.54, 1.807) is 17.5 Å². The number of hydrogen-bond donors (Lipinski definition) is 3. The molecule has 0 radical (unpaired) electrons. The van der Waals surface area contributed by atoms with Gasteiger partial charge in [-0.05, 0) is 6.42 Å². The second kappa shape index (κ2) is 5.83. The van der Waals surface area contributed by atoms with E-state index in [2.05, 4.69) is 20.5 Å². The number of H-pyrrole nitrogens is 1. The number of nitrogens with two attached hydrogens (primary N) is 1. The molecule has 0 aliphatic carbocycles. The van der Waals surface area contributed by atoms with Crippen LogP contribution in [0.4, 0.5) is 5.69 Å². The molecule has 1 unspecified atom stereocenters. The van der Waals surface area contributed by atoms with Crippen LogP contribution in [0.2, 0.25) is 0 Å². The zero-order chi connectivity index (χ0) is 13.8. The van der Waals surface area contributed by atoms with Gasteiger partial charge in [-0.2, -0.15) is 5.10 Å². The molecule has 0 aliphatic rings. The molecule has 102 valence electrons. The van der Waals surface area contributed by atoms with Gasteiger partial charge in [0.05, 0.1) is 16.4 Å². The second-order valence-corrected chi connectivity index (χ2v) is 5.23. The predicted octanol–water partition coefficient (Wildman–Crippen LogP) is 1.54. The summed E-state index contributed by atoms with van der Waals surface area (Å²) in [6.45, 7) is 4.49. The first-order valence-electron chi connectivity index (χ1n) is 6.13. The summed E-state index contributed by atoms with van der Waals surface area (Å²) >= 11 is 1.58. The predicted molar refractivity (Wildman–Crippen MR) is 75.2 cm³/mol. The largest absolute Gasteiger partial charge is 0.395 e. The number of nitrogens with one attached hydrogen (secondary N) is 2. The van der Waals surface area contributed by atoms with Crippen molar-refractivity contribution in [3.63, 3.8) is 0 Å². The van der Waals surface area contributed by atoms with E-state index in [0.717, 1.165) is 17.1 Å². The van der Waals surface area contributed by atoms with Crippen molar-refractivity contribution in [2.75, 3.05) is 12.3 Å². The van der Waals surface area contributed by atoms with Crippen molar-refractivity contribution >= 4 is 22.9 Å². The Morgan fingerprint density at radius 1 is 1.63 bits per heavy atom. The number of hydrogen-bond acceptors (Lipinski definition) is 5. The Hall–Kier alpha value is -1.89. The fourth-order valence-electron chi connectivity index (χ4n) is 1.72. The molecule has 2 rings (SSSR count). The number of aryl methyl sites for hydroxylation is 1. The van der Waals surface area contributed by atoms with Crippen molar-refractivity contribution in [1.29, 1.82) is 0 Å². The van der Waals surface area contributed by atoms with Crippen molar-refractivity contribution in [3.8, 4) is 0 Å². The number of nitrogens with zero attached hydrogens (tertiary/aromatic N) is 2. The van der Waals surface area contributed by atoms with E-state index in [0.29, 0.717) is 12.2 Å². The molecule has 1 amide bonds. The van der Waals surface area contributed by atoms with Gasteiger partial charge in [-0.3, -0.25) is 9.89 Å². The maximum Gasteiger partial charge on any atom is 0.273 e. The lowest BCUT2D eigenvalue weighted by atomic mass is 10.2. The van der Waals surface area contributed by atoms with Gasteiger partial charge in [0.1, 0.15) is 0 Å². The van der Waals surface area contributed by atoms with Gasteiger partial charge < -0.3 is 11.1 Å². The molecule has 6 nitrogen and oxygen atoms in total. The Morgan fingerprint density at radius 3 is 3.00 bits per heavy atom. The number of nitrogen functional groups attached to an aromatic ring is 1. The van der Waals surface area contributed by atoms with E-state index in [4.69, 9.17) is 5.73 Å². The SMILES string of the molecule is CCc1[nH]nc(C(=O)NCC(C)c2nccs2)c1N. The quantitative estimate of drug-likeness (QED) is 0.773. The van der Waals surface area contributed by atoms with Crippen LogP contribution in [0, 0.1) is 0 Å². The third-order valence-electron chi connectivity index (χ3n) is 2.89. The highest BCUT2D eigenvalue weighted by Crippen LogP contribution is 2.17. The smallest absolute Gasteiger partial charge is 0.273 e. The Kier molecular flexibility index (Phi) is 4.16. The van der Waals surface area contributed by atoms with Crippen LogP contribution in [0.1, 0.15) is 41.0 Å². The molecule has 19 heavy (non-hydrogen) atoms. The van der Waals surface area contributed by atoms with Crippen LogP contribution in [0.5, 0.6) is 0 Å². The molecule has 0 spiro atoms. The lowest BCUT2D eigenvalue weighted by Gasteiger charge is -2.09. The molecule has 1 atom stereocenters. The average Bonchev–Trinajstić information content (AvgIpc) is 3.04. The molecule has 0 saturated carbocycles. The summed E-state index contributed by atoms with van der Waals surface area (Å²) < 4.78 is 0. The maximum absolute atomic E-state index is 12.0. The zero-order valence-electron chi connectivity index (χ0n) is 10.9. The minimum atomic E-state index is -0.253.